The summed E-state index contributed by atoms with van der Waals surface area (Å²) in [6, 6.07) is 2.36. The maximum absolute atomic E-state index is 12.4. The number of aromatic carboxylic acids is 1. The van der Waals surface area contributed by atoms with Crippen molar-refractivity contribution in [1.29, 1.82) is 0 Å². The topological polar surface area (TPSA) is 116 Å². The largest absolute Gasteiger partial charge is 0.478 e. The summed E-state index contributed by atoms with van der Waals surface area (Å²) in [5.74, 6) is -2.52. The Balaban J connectivity index is 2.46. The van der Waals surface area contributed by atoms with Gasteiger partial charge in [-0.2, -0.15) is 0 Å². The van der Waals surface area contributed by atoms with Crippen molar-refractivity contribution >= 4 is 46.7 Å². The summed E-state index contributed by atoms with van der Waals surface area (Å²) < 4.78 is 4.66. The second-order valence-corrected chi connectivity index (χ2v) is 5.83. The highest BCUT2D eigenvalue weighted by Gasteiger charge is 2.34. The number of aliphatic hydroxyl groups excluding tert-OH is 1. The first-order valence-electron chi connectivity index (χ1n) is 7.01. The Morgan fingerprint density at radius 3 is 2.60 bits per heavy atom. The number of amides is 1. The maximum Gasteiger partial charge on any atom is 0.337 e. The highest BCUT2D eigenvalue weighted by Crippen LogP contribution is 2.34. The fourth-order valence-corrected chi connectivity index (χ4v) is 2.66. The van der Waals surface area contributed by atoms with Crippen LogP contribution in [0.4, 0.5) is 5.69 Å². The van der Waals surface area contributed by atoms with Gasteiger partial charge in [0.1, 0.15) is 5.70 Å². The van der Waals surface area contributed by atoms with Crippen molar-refractivity contribution in [3.05, 3.63) is 39.0 Å². The van der Waals surface area contributed by atoms with Crippen LogP contribution in [0.1, 0.15) is 10.4 Å². The lowest BCUT2D eigenvalue weighted by molar-refractivity contribution is -0.136. The van der Waals surface area contributed by atoms with Crippen molar-refractivity contribution in [1.82, 2.24) is 4.90 Å². The highest BCUT2D eigenvalue weighted by molar-refractivity contribution is 6.44. The normalized spacial score (nSPS) is 14.1. The third-order valence-electron chi connectivity index (χ3n) is 3.49. The molecule has 1 aliphatic rings. The molecule has 0 unspecified atom stereocenters. The lowest BCUT2D eigenvalue weighted by atomic mass is 10.1. The smallest absolute Gasteiger partial charge is 0.337 e. The second-order valence-electron chi connectivity index (χ2n) is 5.05. The Labute approximate surface area is 152 Å². The Morgan fingerprint density at radius 2 is 2.04 bits per heavy atom. The van der Waals surface area contributed by atoms with Gasteiger partial charge in [0.2, 0.25) is 0 Å². The summed E-state index contributed by atoms with van der Waals surface area (Å²) >= 11 is 12.0. The lowest BCUT2D eigenvalue weighted by Gasteiger charge is -2.15. The van der Waals surface area contributed by atoms with Gasteiger partial charge in [0.25, 0.3) is 5.91 Å². The van der Waals surface area contributed by atoms with E-state index in [1.54, 1.807) is 0 Å². The molecule has 3 N–H and O–H groups in total. The summed E-state index contributed by atoms with van der Waals surface area (Å²) in [5.41, 5.74) is -0.161. The predicted octanol–water partition coefficient (Wildman–Crippen LogP) is 1.37. The molecule has 0 saturated heterocycles. The minimum atomic E-state index is -1.23. The number of hydrogen-bond acceptors (Lipinski definition) is 6. The van der Waals surface area contributed by atoms with Crippen LogP contribution in [-0.4, -0.2) is 59.8 Å². The minimum Gasteiger partial charge on any atom is -0.478 e. The Hall–Kier alpha value is -2.29. The molecule has 1 amide bonds. The fourth-order valence-electron chi connectivity index (χ4n) is 2.29. The molecule has 25 heavy (non-hydrogen) atoms. The van der Waals surface area contributed by atoms with Crippen LogP contribution in [0.25, 0.3) is 0 Å². The maximum atomic E-state index is 12.4. The minimum absolute atomic E-state index is 0.00297. The first-order valence-corrected chi connectivity index (χ1v) is 7.76. The van der Waals surface area contributed by atoms with Gasteiger partial charge in [-0.1, -0.05) is 23.2 Å². The highest BCUT2D eigenvalue weighted by atomic mass is 35.5. The number of anilines is 1. The number of carboxylic acids is 1. The van der Waals surface area contributed by atoms with E-state index in [2.05, 4.69) is 10.1 Å². The number of benzene rings is 1. The summed E-state index contributed by atoms with van der Waals surface area (Å²) in [6.45, 7) is -0.318. The zero-order chi connectivity index (χ0) is 18.7. The summed E-state index contributed by atoms with van der Waals surface area (Å²) in [7, 11) is 1.17. The third-order valence-corrected chi connectivity index (χ3v) is 4.29. The van der Waals surface area contributed by atoms with Crippen molar-refractivity contribution in [2.24, 2.45) is 0 Å². The van der Waals surface area contributed by atoms with Gasteiger partial charge in [-0.25, -0.2) is 9.59 Å². The SMILES string of the molecule is COC(=O)C1=C(Nc2cc(C(=O)O)cc(Cl)c2Cl)C(=O)N(CCO)C1. The number of carbonyl (C=O) groups excluding carboxylic acids is 2. The van der Waals surface area contributed by atoms with Gasteiger partial charge in [-0.15, -0.1) is 0 Å². The Bertz CT molecular complexity index is 778. The standard InChI is InChI=1S/C15H14Cl2N2O6/c1-25-15(24)8-6-19(2-3-20)13(21)12(8)18-10-5-7(14(22)23)4-9(16)11(10)17/h4-5,18,20H,2-3,6H2,1H3,(H,22,23). The average Bonchev–Trinajstić information content (AvgIpc) is 2.87. The molecule has 0 bridgehead atoms. The van der Waals surface area contributed by atoms with Crippen molar-refractivity contribution < 1.29 is 29.3 Å². The van der Waals surface area contributed by atoms with E-state index < -0.39 is 17.8 Å². The van der Waals surface area contributed by atoms with E-state index in [9.17, 15) is 14.4 Å². The molecule has 2 rings (SSSR count). The van der Waals surface area contributed by atoms with Gasteiger partial charge in [-0.3, -0.25) is 4.79 Å². The molecule has 0 spiro atoms. The van der Waals surface area contributed by atoms with E-state index in [0.717, 1.165) is 0 Å². The number of rotatable bonds is 6. The zero-order valence-corrected chi connectivity index (χ0v) is 14.5. The number of ether oxygens (including phenoxy) is 1. The second kappa shape index (κ2) is 7.73. The molecular weight excluding hydrogens is 375 g/mol. The summed E-state index contributed by atoms with van der Waals surface area (Å²) in [5, 5.41) is 20.8. The molecule has 8 nitrogen and oxygen atoms in total. The van der Waals surface area contributed by atoms with Gasteiger partial charge < -0.3 is 25.2 Å². The molecule has 10 heteroatoms. The van der Waals surface area contributed by atoms with Crippen LogP contribution in [0.3, 0.4) is 0 Å². The van der Waals surface area contributed by atoms with Gasteiger partial charge >= 0.3 is 11.9 Å². The van der Waals surface area contributed by atoms with Crippen LogP contribution >= 0.6 is 23.2 Å². The van der Waals surface area contributed by atoms with E-state index >= 15 is 0 Å². The zero-order valence-electron chi connectivity index (χ0n) is 13.0. The fraction of sp³-hybridized carbons (Fsp3) is 0.267. The van der Waals surface area contributed by atoms with Gasteiger partial charge in [-0.05, 0) is 12.1 Å². The van der Waals surface area contributed by atoms with Crippen molar-refractivity contribution in [2.75, 3.05) is 32.1 Å². The van der Waals surface area contributed by atoms with E-state index in [4.69, 9.17) is 33.4 Å². The van der Waals surface area contributed by atoms with Gasteiger partial charge in [0.05, 0.1) is 47.1 Å². The van der Waals surface area contributed by atoms with E-state index in [1.807, 2.05) is 0 Å². The first-order chi connectivity index (χ1) is 11.8. The van der Waals surface area contributed by atoms with Crippen LogP contribution in [0.5, 0.6) is 0 Å². The summed E-state index contributed by atoms with van der Waals surface area (Å²) in [6.07, 6.45) is 0. The van der Waals surface area contributed by atoms with E-state index in [1.165, 1.54) is 24.1 Å². The summed E-state index contributed by atoms with van der Waals surface area (Å²) in [4.78, 5) is 36.8. The molecule has 0 aromatic heterocycles. The molecule has 0 aliphatic carbocycles. The number of methoxy groups -OCH3 is 1. The molecule has 1 aliphatic heterocycles. The van der Waals surface area contributed by atoms with Crippen LogP contribution in [-0.2, 0) is 14.3 Å². The third kappa shape index (κ3) is 3.87. The first kappa shape index (κ1) is 19.0. The molecule has 1 heterocycles. The number of aliphatic hydroxyl groups is 1. The average molecular weight is 389 g/mol. The van der Waals surface area contributed by atoms with Crippen LogP contribution in [0, 0.1) is 0 Å². The number of nitrogens with zero attached hydrogens (tertiary/aromatic N) is 1. The molecule has 0 fully saturated rings. The molecule has 0 radical (unpaired) electrons. The predicted molar refractivity (Wildman–Crippen MR) is 89.8 cm³/mol. The number of β-amino-alcohol motifs (C(OH)–C–C–N with tert-alkyl or cyclic N) is 1. The molecule has 1 aromatic carbocycles. The van der Waals surface area contributed by atoms with Crippen molar-refractivity contribution in [3.63, 3.8) is 0 Å². The molecule has 0 saturated carbocycles. The lowest BCUT2D eigenvalue weighted by Crippen LogP contribution is -2.31. The van der Waals surface area contributed by atoms with Crippen molar-refractivity contribution in [2.45, 2.75) is 0 Å². The number of nitrogens with one attached hydrogen (secondary N) is 1. The molecular formula is C15H14Cl2N2O6. The molecule has 1 aromatic rings. The van der Waals surface area contributed by atoms with Crippen LogP contribution < -0.4 is 5.32 Å². The quantitative estimate of drug-likeness (QED) is 0.630. The molecule has 0 atom stereocenters. The van der Waals surface area contributed by atoms with E-state index in [-0.39, 0.29) is 52.3 Å². The number of hydrogen-bond donors (Lipinski definition) is 3. The van der Waals surface area contributed by atoms with Crippen molar-refractivity contribution in [3.8, 4) is 0 Å². The van der Waals surface area contributed by atoms with Crippen LogP contribution in [0.2, 0.25) is 10.0 Å². The number of halogens is 2. The van der Waals surface area contributed by atoms with Gasteiger partial charge in [0, 0.05) is 6.54 Å². The Kier molecular flexibility index (Phi) is 5.89. The van der Waals surface area contributed by atoms with E-state index in [0.29, 0.717) is 0 Å². The van der Waals surface area contributed by atoms with Gasteiger partial charge in [0.15, 0.2) is 0 Å². The number of esters is 1. The monoisotopic (exact) mass is 388 g/mol. The van der Waals surface area contributed by atoms with Crippen LogP contribution in [0.15, 0.2) is 23.4 Å². The number of carboxylic acid groups (broad SMARTS) is 1. The number of carbonyl (C=O) groups is 3. The molecule has 134 valence electrons. The Morgan fingerprint density at radius 1 is 1.36 bits per heavy atom.